The van der Waals surface area contributed by atoms with E-state index in [1.165, 1.54) is 10.6 Å². The molecule has 4 heteroatoms. The van der Waals surface area contributed by atoms with Gasteiger partial charge in [0.2, 0.25) is 0 Å². The molecule has 1 atom stereocenters. The van der Waals surface area contributed by atoms with E-state index in [1.807, 2.05) is 13.0 Å². The number of nitrogens with zero attached hydrogens (tertiary/aromatic N) is 2. The van der Waals surface area contributed by atoms with Crippen LogP contribution in [0.15, 0.2) is 23.1 Å². The van der Waals surface area contributed by atoms with Crippen LogP contribution in [-0.2, 0) is 6.54 Å². The van der Waals surface area contributed by atoms with Crippen LogP contribution < -0.4 is 11.3 Å². The average molecular weight is 177 g/mol. The number of pyridine rings is 1. The van der Waals surface area contributed by atoms with Gasteiger partial charge < -0.3 is 10.3 Å². The smallest absolute Gasteiger partial charge is 0.268 e. The van der Waals surface area contributed by atoms with Crippen LogP contribution in [0.2, 0.25) is 0 Å². The second kappa shape index (κ2) is 3.87. The molecule has 1 rings (SSSR count). The minimum atomic E-state index is -0.276. The van der Waals surface area contributed by atoms with E-state index in [4.69, 9.17) is 11.0 Å². The zero-order chi connectivity index (χ0) is 9.84. The summed E-state index contributed by atoms with van der Waals surface area (Å²) in [5.41, 5.74) is 5.42. The minimum absolute atomic E-state index is 0.0911. The monoisotopic (exact) mass is 177 g/mol. The maximum absolute atomic E-state index is 11.4. The lowest BCUT2D eigenvalue weighted by Gasteiger charge is -2.07. The molecule has 0 bridgehead atoms. The van der Waals surface area contributed by atoms with Gasteiger partial charge in [-0.15, -0.1) is 0 Å². The summed E-state index contributed by atoms with van der Waals surface area (Å²) in [5, 5.41) is 8.58. The molecule has 1 heterocycles. The van der Waals surface area contributed by atoms with Crippen LogP contribution >= 0.6 is 0 Å². The first kappa shape index (κ1) is 9.49. The van der Waals surface area contributed by atoms with Crippen molar-refractivity contribution < 1.29 is 0 Å². The Labute approximate surface area is 76.2 Å². The third-order valence-corrected chi connectivity index (χ3v) is 1.63. The summed E-state index contributed by atoms with van der Waals surface area (Å²) >= 11 is 0. The van der Waals surface area contributed by atoms with Gasteiger partial charge in [-0.3, -0.25) is 4.79 Å². The van der Waals surface area contributed by atoms with Gasteiger partial charge in [0.25, 0.3) is 5.56 Å². The van der Waals surface area contributed by atoms with Gasteiger partial charge >= 0.3 is 0 Å². The fourth-order valence-electron chi connectivity index (χ4n) is 1.08. The Kier molecular flexibility index (Phi) is 2.83. The van der Waals surface area contributed by atoms with E-state index in [0.717, 1.165) is 0 Å². The van der Waals surface area contributed by atoms with Gasteiger partial charge in [-0.05, 0) is 19.1 Å². The molecular weight excluding hydrogens is 166 g/mol. The lowest BCUT2D eigenvalue weighted by molar-refractivity contribution is 0.573. The zero-order valence-corrected chi connectivity index (χ0v) is 7.40. The second-order valence-electron chi connectivity index (χ2n) is 2.97. The third-order valence-electron chi connectivity index (χ3n) is 1.63. The van der Waals surface area contributed by atoms with Crippen LogP contribution in [0, 0.1) is 11.3 Å². The van der Waals surface area contributed by atoms with Gasteiger partial charge in [0.05, 0.1) is 0 Å². The number of nitriles is 1. The summed E-state index contributed by atoms with van der Waals surface area (Å²) in [6.07, 6.45) is 1.63. The molecule has 0 aromatic carbocycles. The summed E-state index contributed by atoms with van der Waals surface area (Å²) in [6, 6.07) is 4.91. The van der Waals surface area contributed by atoms with Crippen molar-refractivity contribution in [2.24, 2.45) is 5.73 Å². The van der Waals surface area contributed by atoms with E-state index >= 15 is 0 Å². The summed E-state index contributed by atoms with van der Waals surface area (Å²) in [6.45, 7) is 2.25. The Morgan fingerprint density at radius 1 is 1.77 bits per heavy atom. The molecule has 0 fully saturated rings. The first-order valence-electron chi connectivity index (χ1n) is 4.00. The molecule has 0 aliphatic heterocycles. The number of nitrogens with two attached hydrogens (primary N) is 1. The first-order chi connectivity index (χ1) is 6.15. The van der Waals surface area contributed by atoms with Crippen molar-refractivity contribution in [3.05, 3.63) is 34.2 Å². The first-order valence-corrected chi connectivity index (χ1v) is 4.00. The Hall–Kier alpha value is -1.60. The summed E-state index contributed by atoms with van der Waals surface area (Å²) < 4.78 is 1.45. The predicted octanol–water partition coefficient (Wildman–Crippen LogP) is 0.0672. The highest BCUT2D eigenvalue weighted by atomic mass is 16.1. The van der Waals surface area contributed by atoms with Crippen molar-refractivity contribution >= 4 is 0 Å². The number of hydrogen-bond donors (Lipinski definition) is 1. The Balaban J connectivity index is 3.11. The fraction of sp³-hybridized carbons (Fsp3) is 0.333. The molecule has 0 aliphatic rings. The number of hydrogen-bond acceptors (Lipinski definition) is 3. The Morgan fingerprint density at radius 3 is 3.00 bits per heavy atom. The standard InChI is InChI=1S/C9H11N3O/c1-7(11)6-12-4-2-3-8(5-10)9(12)13/h2-4,7H,6,11H2,1H3/t7-/m0/s1. The van der Waals surface area contributed by atoms with Gasteiger partial charge in [-0.1, -0.05) is 0 Å². The van der Waals surface area contributed by atoms with E-state index in [0.29, 0.717) is 6.54 Å². The Bertz CT molecular complexity index is 387. The highest BCUT2D eigenvalue weighted by Gasteiger charge is 2.02. The molecule has 0 unspecified atom stereocenters. The van der Waals surface area contributed by atoms with Gasteiger partial charge in [0.1, 0.15) is 11.6 Å². The van der Waals surface area contributed by atoms with E-state index in [1.54, 1.807) is 12.3 Å². The number of aromatic nitrogens is 1. The van der Waals surface area contributed by atoms with Crippen molar-refractivity contribution in [2.75, 3.05) is 0 Å². The van der Waals surface area contributed by atoms with Gasteiger partial charge in [-0.25, -0.2) is 0 Å². The van der Waals surface area contributed by atoms with E-state index in [-0.39, 0.29) is 17.2 Å². The van der Waals surface area contributed by atoms with Crippen LogP contribution in [0.3, 0.4) is 0 Å². The molecule has 4 nitrogen and oxygen atoms in total. The molecule has 2 N–H and O–H groups in total. The van der Waals surface area contributed by atoms with Crippen molar-refractivity contribution in [2.45, 2.75) is 19.5 Å². The largest absolute Gasteiger partial charge is 0.326 e. The lowest BCUT2D eigenvalue weighted by atomic mass is 10.3. The summed E-state index contributed by atoms with van der Waals surface area (Å²) in [4.78, 5) is 11.4. The molecule has 0 saturated carbocycles. The maximum atomic E-state index is 11.4. The van der Waals surface area contributed by atoms with Crippen LogP contribution in [0.4, 0.5) is 0 Å². The Morgan fingerprint density at radius 2 is 2.46 bits per heavy atom. The maximum Gasteiger partial charge on any atom is 0.268 e. The lowest BCUT2D eigenvalue weighted by Crippen LogP contribution is -2.30. The van der Waals surface area contributed by atoms with Gasteiger partial charge in [-0.2, -0.15) is 5.26 Å². The molecule has 1 aromatic rings. The SMILES string of the molecule is C[C@H](N)Cn1cccc(C#N)c1=O. The van der Waals surface area contributed by atoms with Crippen molar-refractivity contribution in [1.29, 1.82) is 5.26 Å². The van der Waals surface area contributed by atoms with E-state index in [9.17, 15) is 4.79 Å². The molecule has 1 aromatic heterocycles. The predicted molar refractivity (Wildman–Crippen MR) is 49.1 cm³/mol. The van der Waals surface area contributed by atoms with Gasteiger partial charge in [0.15, 0.2) is 0 Å². The molecule has 13 heavy (non-hydrogen) atoms. The quantitative estimate of drug-likeness (QED) is 0.694. The minimum Gasteiger partial charge on any atom is -0.326 e. The van der Waals surface area contributed by atoms with Crippen molar-refractivity contribution in [3.63, 3.8) is 0 Å². The van der Waals surface area contributed by atoms with Crippen molar-refractivity contribution in [3.8, 4) is 6.07 Å². The molecule has 0 amide bonds. The van der Waals surface area contributed by atoms with Crippen LogP contribution in [0.1, 0.15) is 12.5 Å². The normalized spacial score (nSPS) is 12.1. The second-order valence-corrected chi connectivity index (χ2v) is 2.97. The molecule has 0 saturated heterocycles. The molecule has 0 aliphatic carbocycles. The van der Waals surface area contributed by atoms with Crippen LogP contribution in [-0.4, -0.2) is 10.6 Å². The topological polar surface area (TPSA) is 71.8 Å². The van der Waals surface area contributed by atoms with E-state index < -0.39 is 0 Å². The van der Waals surface area contributed by atoms with Crippen molar-refractivity contribution in [1.82, 2.24) is 4.57 Å². The summed E-state index contributed by atoms with van der Waals surface area (Å²) in [7, 11) is 0. The zero-order valence-electron chi connectivity index (χ0n) is 7.40. The highest BCUT2D eigenvalue weighted by molar-refractivity contribution is 5.24. The van der Waals surface area contributed by atoms with Crippen LogP contribution in [0.25, 0.3) is 0 Å². The number of rotatable bonds is 2. The van der Waals surface area contributed by atoms with Gasteiger partial charge in [0, 0.05) is 18.8 Å². The third kappa shape index (κ3) is 2.17. The highest BCUT2D eigenvalue weighted by Crippen LogP contribution is 1.90. The molecule has 0 spiro atoms. The van der Waals surface area contributed by atoms with E-state index in [2.05, 4.69) is 0 Å². The van der Waals surface area contributed by atoms with Crippen LogP contribution in [0.5, 0.6) is 0 Å². The fourth-order valence-corrected chi connectivity index (χ4v) is 1.08. The molecular formula is C9H11N3O. The molecule has 68 valence electrons. The summed E-state index contributed by atoms with van der Waals surface area (Å²) in [5.74, 6) is 0. The molecule has 0 radical (unpaired) electrons. The average Bonchev–Trinajstić information content (AvgIpc) is 2.08.